The fraction of sp³-hybridized carbons (Fsp3) is 0.0952. The molecule has 0 fully saturated rings. The number of carbonyl (C=O) groups is 1. The standard InChI is InChI=1S/C21H18N4O2/c1-14(26)22-11-15-6-5-7-16(10-15)18-12-25(17-8-3-2-4-9-17)20-19(18)23-13-24-21(20)27/h2-10,12-13H,11H2,1H3,(H,22,26)(H,23,24,27). The van der Waals surface area contributed by atoms with Gasteiger partial charge in [0.05, 0.1) is 6.33 Å². The van der Waals surface area contributed by atoms with Crippen LogP contribution in [-0.2, 0) is 11.3 Å². The zero-order chi connectivity index (χ0) is 18.8. The summed E-state index contributed by atoms with van der Waals surface area (Å²) in [6.07, 6.45) is 3.35. The van der Waals surface area contributed by atoms with Gasteiger partial charge in [0.25, 0.3) is 5.56 Å². The van der Waals surface area contributed by atoms with Crippen LogP contribution in [0, 0.1) is 0 Å². The molecule has 4 aromatic rings. The summed E-state index contributed by atoms with van der Waals surface area (Å²) in [5, 5.41) is 2.80. The number of benzene rings is 2. The van der Waals surface area contributed by atoms with E-state index >= 15 is 0 Å². The number of aromatic amines is 1. The Morgan fingerprint density at radius 1 is 1.15 bits per heavy atom. The maximum Gasteiger partial charge on any atom is 0.275 e. The molecule has 0 unspecified atom stereocenters. The van der Waals surface area contributed by atoms with Crippen molar-refractivity contribution in [3.05, 3.63) is 83.0 Å². The Hall–Kier alpha value is -3.67. The Kier molecular flexibility index (Phi) is 4.30. The van der Waals surface area contributed by atoms with Gasteiger partial charge in [-0.1, -0.05) is 36.4 Å². The van der Waals surface area contributed by atoms with E-state index in [1.807, 2.05) is 65.4 Å². The number of nitrogens with zero attached hydrogens (tertiary/aromatic N) is 2. The third-order valence-electron chi connectivity index (χ3n) is 4.40. The molecule has 0 aliphatic rings. The van der Waals surface area contributed by atoms with E-state index < -0.39 is 0 Å². The second kappa shape index (κ2) is 6.92. The molecular formula is C21H18N4O2. The van der Waals surface area contributed by atoms with Crippen molar-refractivity contribution in [3.8, 4) is 16.8 Å². The first-order chi connectivity index (χ1) is 13.1. The van der Waals surface area contributed by atoms with Gasteiger partial charge in [-0.15, -0.1) is 0 Å². The second-order valence-electron chi connectivity index (χ2n) is 6.29. The molecule has 2 heterocycles. The number of amides is 1. The van der Waals surface area contributed by atoms with Gasteiger partial charge in [0.1, 0.15) is 11.0 Å². The van der Waals surface area contributed by atoms with Gasteiger partial charge in [0, 0.05) is 30.9 Å². The SMILES string of the molecule is CC(=O)NCc1cccc(-c2cn(-c3ccccc3)c3c(=O)[nH]cnc23)c1. The largest absolute Gasteiger partial charge is 0.352 e. The summed E-state index contributed by atoms with van der Waals surface area (Å²) in [4.78, 5) is 30.8. The average Bonchev–Trinajstić information content (AvgIpc) is 3.08. The van der Waals surface area contributed by atoms with Crippen LogP contribution in [0.2, 0.25) is 0 Å². The normalized spacial score (nSPS) is 10.9. The number of fused-ring (bicyclic) bond motifs is 1. The number of aromatic nitrogens is 3. The Labute approximate surface area is 155 Å². The van der Waals surface area contributed by atoms with Crippen LogP contribution in [0.25, 0.3) is 27.8 Å². The zero-order valence-corrected chi connectivity index (χ0v) is 14.8. The molecule has 1 amide bonds. The number of H-pyrrole nitrogens is 1. The van der Waals surface area contributed by atoms with Crippen LogP contribution in [0.5, 0.6) is 0 Å². The lowest BCUT2D eigenvalue weighted by atomic mass is 10.0. The molecule has 0 aliphatic heterocycles. The van der Waals surface area contributed by atoms with E-state index in [0.717, 1.165) is 22.4 Å². The van der Waals surface area contributed by atoms with Gasteiger partial charge in [0.15, 0.2) is 0 Å². The Bertz CT molecular complexity index is 1180. The lowest BCUT2D eigenvalue weighted by Gasteiger charge is -2.05. The van der Waals surface area contributed by atoms with E-state index in [2.05, 4.69) is 15.3 Å². The summed E-state index contributed by atoms with van der Waals surface area (Å²) >= 11 is 0. The summed E-state index contributed by atoms with van der Waals surface area (Å²) in [6.45, 7) is 1.95. The topological polar surface area (TPSA) is 79.8 Å². The summed E-state index contributed by atoms with van der Waals surface area (Å²) < 4.78 is 1.86. The highest BCUT2D eigenvalue weighted by molar-refractivity contribution is 5.93. The highest BCUT2D eigenvalue weighted by atomic mass is 16.1. The monoisotopic (exact) mass is 358 g/mol. The summed E-state index contributed by atoms with van der Waals surface area (Å²) in [5.74, 6) is -0.0747. The lowest BCUT2D eigenvalue weighted by Crippen LogP contribution is -2.18. The predicted octanol–water partition coefficient (Wildman–Crippen LogP) is 3.02. The van der Waals surface area contributed by atoms with Crippen molar-refractivity contribution in [2.45, 2.75) is 13.5 Å². The minimum absolute atomic E-state index is 0.0747. The van der Waals surface area contributed by atoms with Gasteiger partial charge in [-0.3, -0.25) is 9.59 Å². The fourth-order valence-electron chi connectivity index (χ4n) is 3.15. The van der Waals surface area contributed by atoms with Crippen molar-refractivity contribution >= 4 is 16.9 Å². The first-order valence-electron chi connectivity index (χ1n) is 8.61. The molecule has 0 atom stereocenters. The number of para-hydroxylation sites is 1. The third kappa shape index (κ3) is 3.25. The number of rotatable bonds is 4. The van der Waals surface area contributed by atoms with E-state index in [1.165, 1.54) is 13.3 Å². The van der Waals surface area contributed by atoms with E-state index in [4.69, 9.17) is 0 Å². The van der Waals surface area contributed by atoms with E-state index in [1.54, 1.807) is 0 Å². The smallest absolute Gasteiger partial charge is 0.275 e. The molecule has 6 nitrogen and oxygen atoms in total. The fourth-order valence-corrected chi connectivity index (χ4v) is 3.15. The first-order valence-corrected chi connectivity index (χ1v) is 8.61. The highest BCUT2D eigenvalue weighted by Crippen LogP contribution is 2.30. The Balaban J connectivity index is 1.89. The van der Waals surface area contributed by atoms with Gasteiger partial charge >= 0.3 is 0 Å². The van der Waals surface area contributed by atoms with Gasteiger partial charge in [-0.2, -0.15) is 0 Å². The average molecular weight is 358 g/mol. The van der Waals surface area contributed by atoms with Crippen molar-refractivity contribution in [1.29, 1.82) is 0 Å². The molecule has 134 valence electrons. The maximum atomic E-state index is 12.5. The number of carbonyl (C=O) groups excluding carboxylic acids is 1. The molecular weight excluding hydrogens is 340 g/mol. The zero-order valence-electron chi connectivity index (χ0n) is 14.8. The molecule has 0 bridgehead atoms. The molecule has 0 saturated heterocycles. The van der Waals surface area contributed by atoms with Crippen molar-refractivity contribution in [2.24, 2.45) is 0 Å². The number of hydrogen-bond donors (Lipinski definition) is 2. The Morgan fingerprint density at radius 2 is 1.96 bits per heavy atom. The quantitative estimate of drug-likeness (QED) is 0.588. The van der Waals surface area contributed by atoms with Gasteiger partial charge < -0.3 is 14.9 Å². The van der Waals surface area contributed by atoms with Crippen LogP contribution < -0.4 is 10.9 Å². The van der Waals surface area contributed by atoms with Crippen LogP contribution in [0.3, 0.4) is 0 Å². The molecule has 0 spiro atoms. The van der Waals surface area contributed by atoms with Crippen LogP contribution in [0.4, 0.5) is 0 Å². The summed E-state index contributed by atoms with van der Waals surface area (Å²) in [7, 11) is 0. The van der Waals surface area contributed by atoms with Crippen LogP contribution in [-0.4, -0.2) is 20.4 Å². The predicted molar refractivity (Wildman–Crippen MR) is 105 cm³/mol. The summed E-state index contributed by atoms with van der Waals surface area (Å²) in [6, 6.07) is 17.6. The van der Waals surface area contributed by atoms with Gasteiger partial charge in [0.2, 0.25) is 5.91 Å². The first kappa shape index (κ1) is 16.8. The summed E-state index contributed by atoms with van der Waals surface area (Å²) in [5.41, 5.74) is 4.63. The highest BCUT2D eigenvalue weighted by Gasteiger charge is 2.15. The molecule has 27 heavy (non-hydrogen) atoms. The molecule has 2 aromatic heterocycles. The lowest BCUT2D eigenvalue weighted by molar-refractivity contribution is -0.119. The van der Waals surface area contributed by atoms with Crippen LogP contribution in [0.15, 0.2) is 71.9 Å². The van der Waals surface area contributed by atoms with E-state index in [0.29, 0.717) is 17.6 Å². The molecule has 6 heteroatoms. The minimum Gasteiger partial charge on any atom is -0.352 e. The molecule has 0 radical (unpaired) electrons. The van der Waals surface area contributed by atoms with Gasteiger partial charge in [-0.05, 0) is 29.3 Å². The number of hydrogen-bond acceptors (Lipinski definition) is 3. The van der Waals surface area contributed by atoms with E-state index in [9.17, 15) is 9.59 Å². The van der Waals surface area contributed by atoms with Gasteiger partial charge in [-0.25, -0.2) is 4.98 Å². The molecule has 2 N–H and O–H groups in total. The van der Waals surface area contributed by atoms with Crippen molar-refractivity contribution in [2.75, 3.05) is 0 Å². The van der Waals surface area contributed by atoms with E-state index in [-0.39, 0.29) is 11.5 Å². The molecule has 0 saturated carbocycles. The van der Waals surface area contributed by atoms with Crippen molar-refractivity contribution in [3.63, 3.8) is 0 Å². The van der Waals surface area contributed by atoms with Crippen molar-refractivity contribution in [1.82, 2.24) is 19.9 Å². The molecule has 0 aliphatic carbocycles. The maximum absolute atomic E-state index is 12.5. The number of nitrogens with one attached hydrogen (secondary N) is 2. The van der Waals surface area contributed by atoms with Crippen molar-refractivity contribution < 1.29 is 4.79 Å². The van der Waals surface area contributed by atoms with Crippen LogP contribution in [0.1, 0.15) is 12.5 Å². The second-order valence-corrected chi connectivity index (χ2v) is 6.29. The molecule has 4 rings (SSSR count). The Morgan fingerprint density at radius 3 is 2.74 bits per heavy atom. The molecule has 2 aromatic carbocycles. The van der Waals surface area contributed by atoms with Crippen LogP contribution >= 0.6 is 0 Å². The third-order valence-corrected chi connectivity index (χ3v) is 4.40. The minimum atomic E-state index is -0.190.